The lowest BCUT2D eigenvalue weighted by Crippen LogP contribution is -2.25. The Morgan fingerprint density at radius 2 is 2.11 bits per heavy atom. The number of aromatic amines is 2. The largest absolute Gasteiger partial charge is 0.478 e. The van der Waals surface area contributed by atoms with Crippen LogP contribution in [-0.2, 0) is 0 Å². The van der Waals surface area contributed by atoms with Crippen LogP contribution in [0, 0.1) is 0 Å². The van der Waals surface area contributed by atoms with Gasteiger partial charge in [0.05, 0.1) is 5.56 Å². The van der Waals surface area contributed by atoms with Gasteiger partial charge in [0.2, 0.25) is 0 Å². The average molecular weight is 344 g/mol. The minimum atomic E-state index is -1.11. The molecule has 7 nitrogen and oxygen atoms in total. The number of aromatic nitrogens is 3. The fraction of sp³-hybridized carbons (Fsp3) is 0. The SMILES string of the molecule is O=C(O)c1ccc(Br)cc1Sc1n[nH]c(=O)[nH]c1=O. The zero-order valence-electron chi connectivity index (χ0n) is 9.14. The number of hydrogen-bond donors (Lipinski definition) is 3. The fourth-order valence-corrected chi connectivity index (χ4v) is 2.67. The molecule has 98 valence electrons. The predicted octanol–water partition coefficient (Wildman–Crippen LogP) is 1.07. The Morgan fingerprint density at radius 3 is 2.74 bits per heavy atom. The first-order valence-electron chi connectivity index (χ1n) is 4.87. The van der Waals surface area contributed by atoms with Crippen molar-refractivity contribution in [1.29, 1.82) is 0 Å². The number of H-pyrrole nitrogens is 2. The molecule has 0 unspecified atom stereocenters. The van der Waals surface area contributed by atoms with E-state index in [4.69, 9.17) is 5.11 Å². The molecule has 2 aromatic rings. The van der Waals surface area contributed by atoms with Gasteiger partial charge in [-0.3, -0.25) is 9.78 Å². The van der Waals surface area contributed by atoms with Crippen molar-refractivity contribution in [1.82, 2.24) is 15.2 Å². The van der Waals surface area contributed by atoms with Crippen molar-refractivity contribution in [3.05, 3.63) is 49.1 Å². The quantitative estimate of drug-likeness (QED) is 0.767. The summed E-state index contributed by atoms with van der Waals surface area (Å²) in [5.41, 5.74) is -1.35. The lowest BCUT2D eigenvalue weighted by molar-refractivity contribution is 0.0693. The maximum absolute atomic E-state index is 11.5. The number of aromatic carboxylic acids is 1. The van der Waals surface area contributed by atoms with E-state index < -0.39 is 17.2 Å². The summed E-state index contributed by atoms with van der Waals surface area (Å²) in [5.74, 6) is -1.11. The molecule has 19 heavy (non-hydrogen) atoms. The van der Waals surface area contributed by atoms with Crippen LogP contribution in [0.1, 0.15) is 10.4 Å². The molecule has 3 N–H and O–H groups in total. The van der Waals surface area contributed by atoms with Gasteiger partial charge in [0.1, 0.15) is 0 Å². The zero-order valence-corrected chi connectivity index (χ0v) is 11.5. The summed E-state index contributed by atoms with van der Waals surface area (Å²) in [6, 6.07) is 4.55. The molecule has 0 bridgehead atoms. The first kappa shape index (κ1) is 13.6. The van der Waals surface area contributed by atoms with E-state index in [1.165, 1.54) is 6.07 Å². The van der Waals surface area contributed by atoms with Crippen molar-refractivity contribution in [2.24, 2.45) is 0 Å². The summed E-state index contributed by atoms with van der Waals surface area (Å²) in [4.78, 5) is 35.8. The molecule has 1 heterocycles. The van der Waals surface area contributed by atoms with E-state index >= 15 is 0 Å². The van der Waals surface area contributed by atoms with Gasteiger partial charge in [0.15, 0.2) is 5.03 Å². The molecule has 0 aliphatic carbocycles. The van der Waals surface area contributed by atoms with Gasteiger partial charge in [0, 0.05) is 9.37 Å². The Kier molecular flexibility index (Phi) is 3.86. The van der Waals surface area contributed by atoms with Crippen LogP contribution in [0.5, 0.6) is 0 Å². The smallest absolute Gasteiger partial charge is 0.342 e. The fourth-order valence-electron chi connectivity index (χ4n) is 1.27. The van der Waals surface area contributed by atoms with Crippen LogP contribution in [-0.4, -0.2) is 26.3 Å². The third-order valence-corrected chi connectivity index (χ3v) is 3.58. The number of rotatable bonds is 3. The third kappa shape index (κ3) is 3.12. The van der Waals surface area contributed by atoms with Gasteiger partial charge in [-0.1, -0.05) is 27.7 Å². The Morgan fingerprint density at radius 1 is 1.37 bits per heavy atom. The average Bonchev–Trinajstić information content (AvgIpc) is 2.32. The molecule has 0 fully saturated rings. The Hall–Kier alpha value is -1.87. The molecule has 0 saturated heterocycles. The summed E-state index contributed by atoms with van der Waals surface area (Å²) in [7, 11) is 0. The monoisotopic (exact) mass is 343 g/mol. The number of halogens is 1. The highest BCUT2D eigenvalue weighted by Crippen LogP contribution is 2.29. The van der Waals surface area contributed by atoms with Crippen molar-refractivity contribution >= 4 is 33.7 Å². The summed E-state index contributed by atoms with van der Waals surface area (Å²) < 4.78 is 0.667. The van der Waals surface area contributed by atoms with Crippen molar-refractivity contribution in [3.63, 3.8) is 0 Å². The van der Waals surface area contributed by atoms with Crippen LogP contribution >= 0.6 is 27.7 Å². The highest BCUT2D eigenvalue weighted by atomic mass is 79.9. The molecule has 0 aliphatic rings. The molecule has 0 spiro atoms. The van der Waals surface area contributed by atoms with Crippen LogP contribution < -0.4 is 11.2 Å². The topological polar surface area (TPSA) is 116 Å². The van der Waals surface area contributed by atoms with Crippen LogP contribution in [0.15, 0.2) is 42.2 Å². The molecule has 1 aromatic heterocycles. The van der Waals surface area contributed by atoms with E-state index in [0.29, 0.717) is 9.37 Å². The van der Waals surface area contributed by atoms with Crippen molar-refractivity contribution in [2.45, 2.75) is 9.92 Å². The number of nitrogens with zero attached hydrogens (tertiary/aromatic N) is 1. The van der Waals surface area contributed by atoms with Crippen LogP contribution in [0.2, 0.25) is 0 Å². The molecule has 9 heteroatoms. The highest BCUT2D eigenvalue weighted by Gasteiger charge is 2.14. The van der Waals surface area contributed by atoms with E-state index in [1.54, 1.807) is 12.1 Å². The van der Waals surface area contributed by atoms with Gasteiger partial charge < -0.3 is 5.11 Å². The lowest BCUT2D eigenvalue weighted by atomic mass is 10.2. The maximum atomic E-state index is 11.5. The Balaban J connectivity index is 2.48. The van der Waals surface area contributed by atoms with Crippen LogP contribution in [0.25, 0.3) is 0 Å². The first-order valence-corrected chi connectivity index (χ1v) is 6.48. The van der Waals surface area contributed by atoms with Gasteiger partial charge in [-0.15, -0.1) is 0 Å². The van der Waals surface area contributed by atoms with E-state index in [0.717, 1.165) is 11.8 Å². The molecule has 2 rings (SSSR count). The summed E-state index contributed by atoms with van der Waals surface area (Å²) in [6.07, 6.45) is 0. The van der Waals surface area contributed by atoms with Gasteiger partial charge in [-0.2, -0.15) is 5.10 Å². The van der Waals surface area contributed by atoms with Crippen molar-refractivity contribution in [3.8, 4) is 0 Å². The minimum absolute atomic E-state index is 0.0415. The van der Waals surface area contributed by atoms with E-state index in [2.05, 4.69) is 26.1 Å². The van der Waals surface area contributed by atoms with Gasteiger partial charge in [-0.25, -0.2) is 14.7 Å². The van der Waals surface area contributed by atoms with Gasteiger partial charge >= 0.3 is 11.7 Å². The molecule has 0 amide bonds. The summed E-state index contributed by atoms with van der Waals surface area (Å²) in [5, 5.41) is 14.7. The highest BCUT2D eigenvalue weighted by molar-refractivity contribution is 9.10. The van der Waals surface area contributed by atoms with Gasteiger partial charge in [-0.05, 0) is 18.2 Å². The molecule has 1 aromatic carbocycles. The first-order chi connectivity index (χ1) is 8.97. The van der Waals surface area contributed by atoms with Crippen LogP contribution in [0.4, 0.5) is 0 Å². The number of benzene rings is 1. The molecular formula is C10H6BrN3O4S. The van der Waals surface area contributed by atoms with E-state index in [1.807, 2.05) is 4.98 Å². The molecule has 0 aliphatic heterocycles. The number of carbonyl (C=O) groups is 1. The molecule has 0 radical (unpaired) electrons. The number of hydrogen-bond acceptors (Lipinski definition) is 5. The number of carboxylic acids is 1. The predicted molar refractivity (Wildman–Crippen MR) is 70.7 cm³/mol. The van der Waals surface area contributed by atoms with Crippen molar-refractivity contribution in [2.75, 3.05) is 0 Å². The lowest BCUT2D eigenvalue weighted by Gasteiger charge is -2.04. The number of carboxylic acid groups (broad SMARTS) is 1. The second kappa shape index (κ2) is 5.41. The molecular weight excluding hydrogens is 338 g/mol. The van der Waals surface area contributed by atoms with E-state index in [9.17, 15) is 14.4 Å². The molecule has 0 atom stereocenters. The second-order valence-electron chi connectivity index (χ2n) is 3.36. The zero-order chi connectivity index (χ0) is 14.0. The van der Waals surface area contributed by atoms with Crippen molar-refractivity contribution < 1.29 is 9.90 Å². The van der Waals surface area contributed by atoms with Gasteiger partial charge in [0.25, 0.3) is 5.56 Å². The Labute approximate surface area is 118 Å². The summed E-state index contributed by atoms with van der Waals surface area (Å²) >= 11 is 4.07. The maximum Gasteiger partial charge on any atom is 0.342 e. The Bertz CT molecular complexity index is 755. The number of nitrogens with one attached hydrogen (secondary N) is 2. The summed E-state index contributed by atoms with van der Waals surface area (Å²) in [6.45, 7) is 0. The van der Waals surface area contributed by atoms with Crippen LogP contribution in [0.3, 0.4) is 0 Å². The molecule has 0 saturated carbocycles. The van der Waals surface area contributed by atoms with E-state index in [-0.39, 0.29) is 10.6 Å². The third-order valence-electron chi connectivity index (χ3n) is 2.06. The normalized spacial score (nSPS) is 10.4. The standard InChI is InChI=1S/C10H6BrN3O4S/c11-4-1-2-5(9(16)17)6(3-4)19-8-7(15)12-10(18)14-13-8/h1-3H,(H,16,17)(H2,12,14,15,18). The minimum Gasteiger partial charge on any atom is -0.478 e. The second-order valence-corrected chi connectivity index (χ2v) is 5.31.